The lowest BCUT2D eigenvalue weighted by Crippen LogP contribution is -2.14. The number of rotatable bonds is 3. The quantitative estimate of drug-likeness (QED) is 0.931. The Kier molecular flexibility index (Phi) is 3.63. The highest BCUT2D eigenvalue weighted by Gasteiger charge is 2.16. The van der Waals surface area contributed by atoms with E-state index in [1.54, 1.807) is 12.1 Å². The molecule has 1 N–H and O–H groups in total. The van der Waals surface area contributed by atoms with Crippen LogP contribution in [0.15, 0.2) is 18.2 Å². The lowest BCUT2D eigenvalue weighted by atomic mass is 10.2. The molecule has 1 aromatic carbocycles. The van der Waals surface area contributed by atoms with Gasteiger partial charge in [-0.3, -0.25) is 0 Å². The molecule has 0 aliphatic carbocycles. The van der Waals surface area contributed by atoms with Crippen molar-refractivity contribution < 1.29 is 4.39 Å². The normalized spacial score (nSPS) is 12.7. The molecule has 2 aromatic rings. The first-order chi connectivity index (χ1) is 8.54. The highest BCUT2D eigenvalue weighted by Crippen LogP contribution is 2.21. The molecule has 0 aliphatic heterocycles. The molecule has 0 amide bonds. The van der Waals surface area contributed by atoms with Crippen molar-refractivity contribution in [1.29, 1.82) is 0 Å². The van der Waals surface area contributed by atoms with Gasteiger partial charge in [-0.05, 0) is 39.1 Å². The highest BCUT2D eigenvalue weighted by molar-refractivity contribution is 6.30. The minimum absolute atomic E-state index is 0.0640. The second kappa shape index (κ2) is 5.04. The minimum Gasteiger partial charge on any atom is -0.312 e. The maximum atomic E-state index is 13.8. The van der Waals surface area contributed by atoms with Crippen LogP contribution in [-0.4, -0.2) is 22.0 Å². The second-order valence-corrected chi connectivity index (χ2v) is 4.51. The van der Waals surface area contributed by atoms with Gasteiger partial charge < -0.3 is 5.32 Å². The molecule has 0 radical (unpaired) electrons. The van der Waals surface area contributed by atoms with Crippen LogP contribution in [0.25, 0.3) is 5.69 Å². The van der Waals surface area contributed by atoms with Crippen LogP contribution in [0.4, 0.5) is 4.39 Å². The number of hydrogen-bond acceptors (Lipinski definition) is 3. The predicted octanol–water partition coefficient (Wildman–Crippen LogP) is 2.65. The average Bonchev–Trinajstić information content (AvgIpc) is 2.70. The van der Waals surface area contributed by atoms with E-state index in [9.17, 15) is 4.39 Å². The Morgan fingerprint density at radius 3 is 2.78 bits per heavy atom. The van der Waals surface area contributed by atoms with E-state index >= 15 is 0 Å². The lowest BCUT2D eigenvalue weighted by Gasteiger charge is -2.09. The van der Waals surface area contributed by atoms with E-state index in [0.717, 1.165) is 11.4 Å². The van der Waals surface area contributed by atoms with Gasteiger partial charge in [-0.15, -0.1) is 5.10 Å². The van der Waals surface area contributed by atoms with E-state index in [2.05, 4.69) is 15.6 Å². The summed E-state index contributed by atoms with van der Waals surface area (Å²) in [5.74, 6) is -0.417. The standard InChI is InChI=1S/C12H14ClFN4/c1-7(15-3)12-8(2)18(17-16-12)11-5-4-9(13)6-10(11)14/h4-7,15H,1-3H3. The molecule has 0 aliphatic rings. The highest BCUT2D eigenvalue weighted by atomic mass is 35.5. The Balaban J connectivity index is 2.49. The average molecular weight is 269 g/mol. The first kappa shape index (κ1) is 13.0. The molecule has 96 valence electrons. The minimum atomic E-state index is -0.417. The fourth-order valence-corrected chi connectivity index (χ4v) is 1.92. The van der Waals surface area contributed by atoms with Crippen molar-refractivity contribution in [2.75, 3.05) is 7.05 Å². The molecule has 0 fully saturated rings. The summed E-state index contributed by atoms with van der Waals surface area (Å²) in [6, 6.07) is 4.54. The van der Waals surface area contributed by atoms with Gasteiger partial charge in [-0.1, -0.05) is 16.8 Å². The van der Waals surface area contributed by atoms with Crippen LogP contribution in [-0.2, 0) is 0 Å². The fraction of sp³-hybridized carbons (Fsp3) is 0.333. The van der Waals surface area contributed by atoms with Gasteiger partial charge in [0.05, 0.1) is 11.7 Å². The van der Waals surface area contributed by atoms with Crippen LogP contribution in [0.1, 0.15) is 24.4 Å². The summed E-state index contributed by atoms with van der Waals surface area (Å²) in [6.07, 6.45) is 0. The molecule has 0 spiro atoms. The van der Waals surface area contributed by atoms with Gasteiger partial charge >= 0.3 is 0 Å². The number of aromatic nitrogens is 3. The molecule has 0 bridgehead atoms. The van der Waals surface area contributed by atoms with Crippen molar-refractivity contribution in [1.82, 2.24) is 20.3 Å². The molecule has 0 saturated heterocycles. The van der Waals surface area contributed by atoms with Crippen LogP contribution in [0.3, 0.4) is 0 Å². The predicted molar refractivity (Wildman–Crippen MR) is 68.5 cm³/mol. The molecular weight excluding hydrogens is 255 g/mol. The molecule has 0 saturated carbocycles. The van der Waals surface area contributed by atoms with Gasteiger partial charge in [0, 0.05) is 5.02 Å². The summed E-state index contributed by atoms with van der Waals surface area (Å²) in [5.41, 5.74) is 1.95. The van der Waals surface area contributed by atoms with E-state index in [1.165, 1.54) is 10.7 Å². The van der Waals surface area contributed by atoms with E-state index in [1.807, 2.05) is 20.9 Å². The van der Waals surface area contributed by atoms with Gasteiger partial charge in [0.25, 0.3) is 0 Å². The van der Waals surface area contributed by atoms with Crippen LogP contribution >= 0.6 is 11.6 Å². The molecule has 1 aromatic heterocycles. The van der Waals surface area contributed by atoms with Crippen molar-refractivity contribution in [3.8, 4) is 5.69 Å². The van der Waals surface area contributed by atoms with Crippen molar-refractivity contribution in [3.63, 3.8) is 0 Å². The lowest BCUT2D eigenvalue weighted by molar-refractivity contribution is 0.604. The summed E-state index contributed by atoms with van der Waals surface area (Å²) >= 11 is 5.73. The van der Waals surface area contributed by atoms with E-state index in [4.69, 9.17) is 11.6 Å². The fourth-order valence-electron chi connectivity index (χ4n) is 1.76. The van der Waals surface area contributed by atoms with Crippen LogP contribution in [0.2, 0.25) is 5.02 Å². The van der Waals surface area contributed by atoms with E-state index in [0.29, 0.717) is 10.7 Å². The zero-order chi connectivity index (χ0) is 13.3. The van der Waals surface area contributed by atoms with Gasteiger partial charge in [0.1, 0.15) is 17.2 Å². The largest absolute Gasteiger partial charge is 0.312 e. The number of benzene rings is 1. The molecule has 1 heterocycles. The van der Waals surface area contributed by atoms with E-state index in [-0.39, 0.29) is 6.04 Å². The van der Waals surface area contributed by atoms with Gasteiger partial charge in [-0.25, -0.2) is 9.07 Å². The first-order valence-electron chi connectivity index (χ1n) is 5.59. The molecule has 6 heteroatoms. The molecule has 18 heavy (non-hydrogen) atoms. The smallest absolute Gasteiger partial charge is 0.150 e. The molecule has 4 nitrogen and oxygen atoms in total. The summed E-state index contributed by atoms with van der Waals surface area (Å²) in [5, 5.41) is 11.5. The van der Waals surface area contributed by atoms with Crippen LogP contribution in [0, 0.1) is 12.7 Å². The topological polar surface area (TPSA) is 42.7 Å². The second-order valence-electron chi connectivity index (χ2n) is 4.08. The van der Waals surface area contributed by atoms with Crippen LogP contribution < -0.4 is 5.32 Å². The number of hydrogen-bond donors (Lipinski definition) is 1. The molecule has 2 rings (SSSR count). The zero-order valence-corrected chi connectivity index (χ0v) is 11.2. The van der Waals surface area contributed by atoms with E-state index < -0.39 is 5.82 Å². The summed E-state index contributed by atoms with van der Waals surface area (Å²) in [6.45, 7) is 3.83. The third kappa shape index (κ3) is 2.23. The van der Waals surface area contributed by atoms with Crippen molar-refractivity contribution in [2.24, 2.45) is 0 Å². The summed E-state index contributed by atoms with van der Waals surface area (Å²) in [7, 11) is 1.84. The molecule has 1 atom stereocenters. The molecule has 1 unspecified atom stereocenters. The van der Waals surface area contributed by atoms with Gasteiger partial charge in [-0.2, -0.15) is 0 Å². The Labute approximate surface area is 110 Å². The molecular formula is C12H14ClFN4. The Morgan fingerprint density at radius 2 is 2.17 bits per heavy atom. The summed E-state index contributed by atoms with van der Waals surface area (Å²) in [4.78, 5) is 0. The Bertz CT molecular complexity index is 567. The summed E-state index contributed by atoms with van der Waals surface area (Å²) < 4.78 is 15.3. The maximum Gasteiger partial charge on any atom is 0.150 e. The SMILES string of the molecule is CNC(C)c1nnn(-c2ccc(Cl)cc2F)c1C. The Morgan fingerprint density at radius 1 is 1.44 bits per heavy atom. The third-order valence-electron chi connectivity index (χ3n) is 2.91. The van der Waals surface area contributed by atoms with Crippen molar-refractivity contribution in [3.05, 3.63) is 40.4 Å². The third-order valence-corrected chi connectivity index (χ3v) is 3.15. The monoisotopic (exact) mass is 268 g/mol. The number of nitrogens with zero attached hydrogens (tertiary/aromatic N) is 3. The van der Waals surface area contributed by atoms with Gasteiger partial charge in [0.2, 0.25) is 0 Å². The van der Waals surface area contributed by atoms with Gasteiger partial charge in [0.15, 0.2) is 0 Å². The number of nitrogens with one attached hydrogen (secondary N) is 1. The zero-order valence-electron chi connectivity index (χ0n) is 10.4. The van der Waals surface area contributed by atoms with Crippen LogP contribution in [0.5, 0.6) is 0 Å². The number of halogens is 2. The first-order valence-corrected chi connectivity index (χ1v) is 5.97. The Hall–Kier alpha value is -1.46. The van der Waals surface area contributed by atoms with Crippen molar-refractivity contribution in [2.45, 2.75) is 19.9 Å². The maximum absolute atomic E-state index is 13.8. The van der Waals surface area contributed by atoms with Crippen molar-refractivity contribution >= 4 is 11.6 Å².